The molecule has 1 amide bonds. The van der Waals surface area contributed by atoms with E-state index in [1.807, 2.05) is 48.8 Å². The van der Waals surface area contributed by atoms with E-state index >= 15 is 0 Å². The van der Waals surface area contributed by atoms with Crippen LogP contribution < -0.4 is 10.1 Å². The fraction of sp³-hybridized carbons (Fsp3) is 0.364. The molecule has 6 nitrogen and oxygen atoms in total. The van der Waals surface area contributed by atoms with Crippen molar-refractivity contribution in [2.45, 2.75) is 31.8 Å². The van der Waals surface area contributed by atoms with E-state index in [4.69, 9.17) is 4.74 Å². The Labute approximate surface area is 174 Å². The summed E-state index contributed by atoms with van der Waals surface area (Å²) < 4.78 is 5.32. The number of H-pyrrole nitrogens is 1. The highest BCUT2D eigenvalue weighted by molar-refractivity contribution is 7.10. The zero-order valence-electron chi connectivity index (χ0n) is 16.7. The molecular weight excluding hydrogens is 384 g/mol. The first-order chi connectivity index (χ1) is 14.1. The first-order valence-electron chi connectivity index (χ1n) is 9.90. The Morgan fingerprint density at radius 3 is 3.10 bits per heavy atom. The molecule has 29 heavy (non-hydrogen) atoms. The maximum atomic E-state index is 12.6. The standard InChI is InChI=1S/C22H26N4O2S/c1-15(20-9-5-11-29-20)24-21(27)14-26-10-4-8-19(26)22-23-13-18(25-22)16-6-3-7-17(12-16)28-2/h3,5-7,9,11-13,15,19H,4,8,10,14H2,1-2H3,(H,23,25)(H,24,27)/t15-,19+/m0/s1. The monoisotopic (exact) mass is 410 g/mol. The number of aromatic amines is 1. The first kappa shape index (κ1) is 19.7. The molecule has 0 unspecified atom stereocenters. The molecule has 3 aromatic rings. The number of rotatable bonds is 7. The second kappa shape index (κ2) is 8.80. The molecule has 7 heteroatoms. The lowest BCUT2D eigenvalue weighted by Crippen LogP contribution is -2.38. The van der Waals surface area contributed by atoms with Gasteiger partial charge in [-0.25, -0.2) is 4.98 Å². The lowest BCUT2D eigenvalue weighted by Gasteiger charge is -2.23. The molecule has 0 saturated carbocycles. The Kier molecular flexibility index (Phi) is 5.97. The maximum Gasteiger partial charge on any atom is 0.234 e. The number of carbonyl (C=O) groups is 1. The van der Waals surface area contributed by atoms with Crippen molar-refractivity contribution in [2.75, 3.05) is 20.2 Å². The quantitative estimate of drug-likeness (QED) is 0.614. The molecule has 0 bridgehead atoms. The summed E-state index contributed by atoms with van der Waals surface area (Å²) >= 11 is 1.66. The van der Waals surface area contributed by atoms with Crippen molar-refractivity contribution in [2.24, 2.45) is 0 Å². The summed E-state index contributed by atoms with van der Waals surface area (Å²) in [6, 6.07) is 12.1. The van der Waals surface area contributed by atoms with Crippen LogP contribution in [-0.4, -0.2) is 41.0 Å². The molecular formula is C22H26N4O2S. The highest BCUT2D eigenvalue weighted by Crippen LogP contribution is 2.31. The van der Waals surface area contributed by atoms with Gasteiger partial charge in [0.2, 0.25) is 5.91 Å². The Morgan fingerprint density at radius 2 is 2.31 bits per heavy atom. The average molecular weight is 411 g/mol. The summed E-state index contributed by atoms with van der Waals surface area (Å²) in [6.45, 7) is 3.31. The van der Waals surface area contributed by atoms with Gasteiger partial charge in [0, 0.05) is 10.4 Å². The molecule has 1 saturated heterocycles. The van der Waals surface area contributed by atoms with Crippen LogP contribution in [0.15, 0.2) is 48.0 Å². The Balaban J connectivity index is 1.42. The Bertz CT molecular complexity index is 953. The first-order valence-corrected chi connectivity index (χ1v) is 10.8. The van der Waals surface area contributed by atoms with Crippen molar-refractivity contribution in [1.29, 1.82) is 0 Å². The Hall–Kier alpha value is -2.64. The van der Waals surface area contributed by atoms with Crippen LogP contribution >= 0.6 is 11.3 Å². The second-order valence-electron chi connectivity index (χ2n) is 7.35. The lowest BCUT2D eigenvalue weighted by molar-refractivity contribution is -0.123. The van der Waals surface area contributed by atoms with Crippen LogP contribution in [0.1, 0.15) is 42.6 Å². The summed E-state index contributed by atoms with van der Waals surface area (Å²) in [5.74, 6) is 1.79. The van der Waals surface area contributed by atoms with Gasteiger partial charge < -0.3 is 15.0 Å². The number of benzene rings is 1. The van der Waals surface area contributed by atoms with Gasteiger partial charge in [-0.15, -0.1) is 11.3 Å². The minimum Gasteiger partial charge on any atom is -0.497 e. The van der Waals surface area contributed by atoms with Gasteiger partial charge in [-0.3, -0.25) is 9.69 Å². The van der Waals surface area contributed by atoms with Crippen LogP contribution in [0.25, 0.3) is 11.3 Å². The van der Waals surface area contributed by atoms with Gasteiger partial charge in [-0.05, 0) is 49.9 Å². The number of amides is 1. The number of hydrogen-bond donors (Lipinski definition) is 2. The predicted octanol–water partition coefficient (Wildman–Crippen LogP) is 4.16. The smallest absolute Gasteiger partial charge is 0.234 e. The van der Waals surface area contributed by atoms with E-state index < -0.39 is 0 Å². The average Bonchev–Trinajstić information content (AvgIpc) is 3.48. The summed E-state index contributed by atoms with van der Waals surface area (Å²) in [7, 11) is 1.66. The number of aromatic nitrogens is 2. The van der Waals surface area contributed by atoms with E-state index in [-0.39, 0.29) is 18.0 Å². The van der Waals surface area contributed by atoms with Gasteiger partial charge in [0.05, 0.1) is 37.6 Å². The van der Waals surface area contributed by atoms with E-state index in [9.17, 15) is 4.79 Å². The zero-order valence-corrected chi connectivity index (χ0v) is 17.5. The second-order valence-corrected chi connectivity index (χ2v) is 8.33. The van der Waals surface area contributed by atoms with Crippen molar-refractivity contribution in [3.63, 3.8) is 0 Å². The van der Waals surface area contributed by atoms with Gasteiger partial charge in [0.25, 0.3) is 0 Å². The van der Waals surface area contributed by atoms with Gasteiger partial charge in [-0.1, -0.05) is 18.2 Å². The number of carbonyl (C=O) groups excluding carboxylic acids is 1. The molecule has 1 fully saturated rings. The largest absolute Gasteiger partial charge is 0.497 e. The Morgan fingerprint density at radius 1 is 1.41 bits per heavy atom. The van der Waals surface area contributed by atoms with Crippen LogP contribution in [-0.2, 0) is 4.79 Å². The highest BCUT2D eigenvalue weighted by atomic mass is 32.1. The topological polar surface area (TPSA) is 70.2 Å². The van der Waals surface area contributed by atoms with Crippen LogP contribution in [0.2, 0.25) is 0 Å². The molecule has 2 aromatic heterocycles. The zero-order chi connectivity index (χ0) is 20.2. The van der Waals surface area contributed by atoms with Gasteiger partial charge in [0.15, 0.2) is 0 Å². The van der Waals surface area contributed by atoms with E-state index in [0.717, 1.165) is 42.2 Å². The number of thiophene rings is 1. The van der Waals surface area contributed by atoms with Crippen molar-refractivity contribution in [3.05, 3.63) is 58.7 Å². The molecule has 1 aliphatic heterocycles. The fourth-order valence-corrected chi connectivity index (χ4v) is 4.58. The fourth-order valence-electron chi connectivity index (χ4n) is 3.85. The molecule has 2 atom stereocenters. The van der Waals surface area contributed by atoms with Crippen LogP contribution in [0.5, 0.6) is 5.75 Å². The van der Waals surface area contributed by atoms with Crippen molar-refractivity contribution in [1.82, 2.24) is 20.2 Å². The van der Waals surface area contributed by atoms with Gasteiger partial charge >= 0.3 is 0 Å². The summed E-state index contributed by atoms with van der Waals surface area (Å²) in [5.41, 5.74) is 2.00. The third-order valence-electron chi connectivity index (χ3n) is 5.35. The molecule has 1 aromatic carbocycles. The number of methoxy groups -OCH3 is 1. The normalized spacial score (nSPS) is 17.9. The molecule has 1 aliphatic rings. The van der Waals surface area contributed by atoms with Gasteiger partial charge in [-0.2, -0.15) is 0 Å². The van der Waals surface area contributed by atoms with Gasteiger partial charge in [0.1, 0.15) is 11.6 Å². The molecule has 4 rings (SSSR count). The third-order valence-corrected chi connectivity index (χ3v) is 6.40. The predicted molar refractivity (Wildman–Crippen MR) is 115 cm³/mol. The van der Waals surface area contributed by atoms with Crippen LogP contribution in [0.4, 0.5) is 0 Å². The molecule has 152 valence electrons. The lowest BCUT2D eigenvalue weighted by atomic mass is 10.1. The summed E-state index contributed by atoms with van der Waals surface area (Å²) in [6.07, 6.45) is 3.92. The van der Waals surface area contributed by atoms with E-state index in [1.54, 1.807) is 18.4 Å². The number of nitrogens with one attached hydrogen (secondary N) is 2. The number of imidazole rings is 1. The van der Waals surface area contributed by atoms with Crippen molar-refractivity contribution < 1.29 is 9.53 Å². The minimum atomic E-state index is 0.0341. The number of hydrogen-bond acceptors (Lipinski definition) is 5. The SMILES string of the molecule is COc1cccc(-c2cnc([C@H]3CCCN3CC(=O)N[C@@H](C)c3cccs3)[nH]2)c1. The summed E-state index contributed by atoms with van der Waals surface area (Å²) in [5, 5.41) is 5.14. The number of ether oxygens (including phenoxy) is 1. The van der Waals surface area contributed by atoms with Crippen LogP contribution in [0, 0.1) is 0 Å². The van der Waals surface area contributed by atoms with Crippen molar-refractivity contribution in [3.8, 4) is 17.0 Å². The van der Waals surface area contributed by atoms with E-state index in [1.165, 1.54) is 4.88 Å². The number of likely N-dealkylation sites (tertiary alicyclic amines) is 1. The third kappa shape index (κ3) is 4.52. The minimum absolute atomic E-state index is 0.0341. The summed E-state index contributed by atoms with van der Waals surface area (Å²) in [4.78, 5) is 24.0. The molecule has 0 aliphatic carbocycles. The van der Waals surface area contributed by atoms with E-state index in [0.29, 0.717) is 6.54 Å². The van der Waals surface area contributed by atoms with E-state index in [2.05, 4.69) is 26.3 Å². The van der Waals surface area contributed by atoms with Crippen LogP contribution in [0.3, 0.4) is 0 Å². The maximum absolute atomic E-state index is 12.6. The highest BCUT2D eigenvalue weighted by Gasteiger charge is 2.30. The molecule has 2 N–H and O–H groups in total. The number of nitrogens with zero attached hydrogens (tertiary/aromatic N) is 2. The molecule has 3 heterocycles. The van der Waals surface area contributed by atoms with Crippen molar-refractivity contribution >= 4 is 17.2 Å². The molecule has 0 radical (unpaired) electrons. The molecule has 0 spiro atoms.